The molecule has 0 saturated carbocycles. The lowest BCUT2D eigenvalue weighted by Crippen LogP contribution is -2.09. The number of nitriles is 1. The summed E-state index contributed by atoms with van der Waals surface area (Å²) in [6, 6.07) is 30.8. The molecular formula is C20H16N2. The number of anilines is 3. The highest BCUT2D eigenvalue weighted by Gasteiger charge is 2.11. The van der Waals surface area contributed by atoms with Crippen molar-refractivity contribution in [1.29, 1.82) is 5.26 Å². The summed E-state index contributed by atoms with van der Waals surface area (Å²) < 4.78 is 0. The minimum atomic E-state index is 0.422. The molecule has 0 amide bonds. The molecule has 0 N–H and O–H groups in total. The van der Waals surface area contributed by atoms with Gasteiger partial charge in [0.05, 0.1) is 12.5 Å². The van der Waals surface area contributed by atoms with E-state index in [0.29, 0.717) is 6.42 Å². The van der Waals surface area contributed by atoms with Crippen LogP contribution in [0.2, 0.25) is 0 Å². The normalized spacial score (nSPS) is 9.95. The largest absolute Gasteiger partial charge is 0.310 e. The molecule has 3 rings (SSSR count). The molecule has 0 bridgehead atoms. The lowest BCUT2D eigenvalue weighted by atomic mass is 10.1. The molecule has 0 aliphatic carbocycles. The first-order valence-corrected chi connectivity index (χ1v) is 7.24. The molecule has 0 aliphatic rings. The Morgan fingerprint density at radius 1 is 0.682 bits per heavy atom. The van der Waals surface area contributed by atoms with Gasteiger partial charge in [-0.15, -0.1) is 0 Å². The van der Waals surface area contributed by atoms with Gasteiger partial charge in [-0.3, -0.25) is 0 Å². The van der Waals surface area contributed by atoms with Gasteiger partial charge in [-0.2, -0.15) is 5.26 Å². The quantitative estimate of drug-likeness (QED) is 0.656. The first-order chi connectivity index (χ1) is 10.9. The Morgan fingerprint density at radius 2 is 1.23 bits per heavy atom. The smallest absolute Gasteiger partial charge is 0.0669 e. The van der Waals surface area contributed by atoms with Crippen LogP contribution in [0.25, 0.3) is 0 Å². The van der Waals surface area contributed by atoms with Crippen LogP contribution in [-0.2, 0) is 6.42 Å². The summed E-state index contributed by atoms with van der Waals surface area (Å²) in [5, 5.41) is 8.92. The van der Waals surface area contributed by atoms with Crippen molar-refractivity contribution in [2.45, 2.75) is 6.42 Å². The molecule has 3 aromatic rings. The van der Waals surface area contributed by atoms with E-state index in [1.807, 2.05) is 48.5 Å². The summed E-state index contributed by atoms with van der Waals surface area (Å²) in [7, 11) is 0. The second kappa shape index (κ2) is 6.60. The Labute approximate surface area is 130 Å². The standard InChI is InChI=1S/C20H16N2/c21-15-14-17-8-7-13-20(16-17)22(18-9-3-1-4-10-18)19-11-5-2-6-12-19/h1-13,16H,14H2. The van der Waals surface area contributed by atoms with Crippen LogP contribution in [0.4, 0.5) is 17.1 Å². The fourth-order valence-corrected chi connectivity index (χ4v) is 2.50. The second-order valence-electron chi connectivity index (χ2n) is 5.01. The van der Waals surface area contributed by atoms with Gasteiger partial charge in [0, 0.05) is 17.1 Å². The number of rotatable bonds is 4. The van der Waals surface area contributed by atoms with E-state index < -0.39 is 0 Å². The summed E-state index contributed by atoms with van der Waals surface area (Å²) in [4.78, 5) is 2.20. The van der Waals surface area contributed by atoms with Crippen LogP contribution in [0.15, 0.2) is 84.9 Å². The van der Waals surface area contributed by atoms with Crippen LogP contribution < -0.4 is 4.90 Å². The minimum Gasteiger partial charge on any atom is -0.310 e. The van der Waals surface area contributed by atoms with Crippen molar-refractivity contribution < 1.29 is 0 Å². The molecule has 0 saturated heterocycles. The molecule has 106 valence electrons. The SMILES string of the molecule is N#CCc1cccc(N(c2ccccc2)c2ccccc2)c1. The Balaban J connectivity index is 2.10. The van der Waals surface area contributed by atoms with Gasteiger partial charge in [0.15, 0.2) is 0 Å². The van der Waals surface area contributed by atoms with Crippen LogP contribution >= 0.6 is 0 Å². The molecule has 0 heterocycles. The van der Waals surface area contributed by atoms with E-state index >= 15 is 0 Å². The Morgan fingerprint density at radius 3 is 1.77 bits per heavy atom. The highest BCUT2D eigenvalue weighted by molar-refractivity contribution is 5.76. The fourth-order valence-electron chi connectivity index (χ4n) is 2.50. The van der Waals surface area contributed by atoms with Gasteiger partial charge in [-0.05, 0) is 42.0 Å². The highest BCUT2D eigenvalue weighted by atomic mass is 15.1. The van der Waals surface area contributed by atoms with Crippen molar-refractivity contribution in [3.8, 4) is 6.07 Å². The third-order valence-electron chi connectivity index (χ3n) is 3.48. The average Bonchev–Trinajstić information content (AvgIpc) is 2.58. The monoisotopic (exact) mass is 284 g/mol. The average molecular weight is 284 g/mol. The molecule has 0 unspecified atom stereocenters. The summed E-state index contributed by atoms with van der Waals surface area (Å²) in [5.74, 6) is 0. The summed E-state index contributed by atoms with van der Waals surface area (Å²) in [6.45, 7) is 0. The van der Waals surface area contributed by atoms with Crippen LogP contribution in [0.1, 0.15) is 5.56 Å². The van der Waals surface area contributed by atoms with E-state index in [-0.39, 0.29) is 0 Å². The maximum Gasteiger partial charge on any atom is 0.0669 e. The third-order valence-corrected chi connectivity index (χ3v) is 3.48. The van der Waals surface area contributed by atoms with E-state index in [4.69, 9.17) is 5.26 Å². The minimum absolute atomic E-state index is 0.422. The first-order valence-electron chi connectivity index (χ1n) is 7.24. The van der Waals surface area contributed by atoms with Crippen LogP contribution in [0.3, 0.4) is 0 Å². The van der Waals surface area contributed by atoms with Crippen molar-refractivity contribution in [2.24, 2.45) is 0 Å². The van der Waals surface area contributed by atoms with Gasteiger partial charge >= 0.3 is 0 Å². The molecular weight excluding hydrogens is 268 g/mol. The Bertz CT molecular complexity index is 734. The predicted octanol–water partition coefficient (Wildman–Crippen LogP) is 5.22. The molecule has 0 atom stereocenters. The van der Waals surface area contributed by atoms with E-state index in [1.54, 1.807) is 0 Å². The molecule has 0 spiro atoms. The van der Waals surface area contributed by atoms with E-state index in [1.165, 1.54) is 0 Å². The maximum atomic E-state index is 8.92. The van der Waals surface area contributed by atoms with Crippen LogP contribution in [-0.4, -0.2) is 0 Å². The van der Waals surface area contributed by atoms with Crippen molar-refractivity contribution in [2.75, 3.05) is 4.90 Å². The van der Waals surface area contributed by atoms with Crippen molar-refractivity contribution >= 4 is 17.1 Å². The van der Waals surface area contributed by atoms with Crippen LogP contribution in [0, 0.1) is 11.3 Å². The number of nitrogens with zero attached hydrogens (tertiary/aromatic N) is 2. The van der Waals surface area contributed by atoms with E-state index in [2.05, 4.69) is 47.4 Å². The summed E-state index contributed by atoms with van der Waals surface area (Å²) >= 11 is 0. The van der Waals surface area contributed by atoms with Crippen molar-refractivity contribution in [1.82, 2.24) is 0 Å². The van der Waals surface area contributed by atoms with Gasteiger partial charge < -0.3 is 4.90 Å². The van der Waals surface area contributed by atoms with Gasteiger partial charge in [-0.25, -0.2) is 0 Å². The number of hydrogen-bond donors (Lipinski definition) is 0. The topological polar surface area (TPSA) is 27.0 Å². The molecule has 0 aliphatic heterocycles. The molecule has 0 aromatic heterocycles. The highest BCUT2D eigenvalue weighted by Crippen LogP contribution is 2.34. The lowest BCUT2D eigenvalue weighted by molar-refractivity contribution is 1.23. The van der Waals surface area contributed by atoms with Gasteiger partial charge in [0.25, 0.3) is 0 Å². The zero-order valence-electron chi connectivity index (χ0n) is 12.2. The Hall–Kier alpha value is -3.05. The van der Waals surface area contributed by atoms with E-state index in [0.717, 1.165) is 22.6 Å². The summed E-state index contributed by atoms with van der Waals surface area (Å²) in [6.07, 6.45) is 0.422. The molecule has 0 fully saturated rings. The molecule has 0 radical (unpaired) electrons. The van der Waals surface area contributed by atoms with Crippen molar-refractivity contribution in [3.63, 3.8) is 0 Å². The molecule has 2 heteroatoms. The van der Waals surface area contributed by atoms with Crippen LogP contribution in [0.5, 0.6) is 0 Å². The number of para-hydroxylation sites is 2. The van der Waals surface area contributed by atoms with E-state index in [9.17, 15) is 0 Å². The summed E-state index contributed by atoms with van der Waals surface area (Å²) in [5.41, 5.74) is 4.28. The number of hydrogen-bond acceptors (Lipinski definition) is 2. The maximum absolute atomic E-state index is 8.92. The Kier molecular flexibility index (Phi) is 4.17. The zero-order valence-corrected chi connectivity index (χ0v) is 12.2. The predicted molar refractivity (Wildman–Crippen MR) is 90.4 cm³/mol. The zero-order chi connectivity index (χ0) is 15.2. The van der Waals surface area contributed by atoms with Gasteiger partial charge in [-0.1, -0.05) is 48.5 Å². The molecule has 22 heavy (non-hydrogen) atoms. The van der Waals surface area contributed by atoms with Gasteiger partial charge in [0.1, 0.15) is 0 Å². The van der Waals surface area contributed by atoms with Crippen molar-refractivity contribution in [3.05, 3.63) is 90.5 Å². The third kappa shape index (κ3) is 2.99. The number of benzene rings is 3. The fraction of sp³-hybridized carbons (Fsp3) is 0.0500. The molecule has 2 nitrogen and oxygen atoms in total. The first kappa shape index (κ1) is 13.9. The second-order valence-corrected chi connectivity index (χ2v) is 5.01. The lowest BCUT2D eigenvalue weighted by Gasteiger charge is -2.25. The molecule has 3 aromatic carbocycles. The van der Waals surface area contributed by atoms with Gasteiger partial charge in [0.2, 0.25) is 0 Å².